The second-order valence-electron chi connectivity index (χ2n) is 5.88. The quantitative estimate of drug-likeness (QED) is 0.414. The number of aliphatic carboxylic acids is 1. The number of nitrogens with zero attached hydrogens (tertiary/aromatic N) is 1. The first-order valence-electron chi connectivity index (χ1n) is 7.71. The van der Waals surface area contributed by atoms with Crippen LogP contribution in [0, 0.1) is 0 Å². The van der Waals surface area contributed by atoms with Crippen molar-refractivity contribution in [3.63, 3.8) is 0 Å². The van der Waals surface area contributed by atoms with Crippen LogP contribution in [0.2, 0.25) is 0 Å². The number of phenols is 1. The van der Waals surface area contributed by atoms with Crippen LogP contribution in [0.15, 0.2) is 35.5 Å². The van der Waals surface area contributed by atoms with Crippen LogP contribution in [0.3, 0.4) is 0 Å². The average molecular weight is 379 g/mol. The molecule has 0 radical (unpaired) electrons. The van der Waals surface area contributed by atoms with Crippen LogP contribution in [-0.4, -0.2) is 61.8 Å². The first-order chi connectivity index (χ1) is 12.3. The lowest BCUT2D eigenvalue weighted by atomic mass is 10.0. The minimum absolute atomic E-state index is 0.0393. The van der Waals surface area contributed by atoms with E-state index in [4.69, 9.17) is 5.73 Å². The maximum absolute atomic E-state index is 12.4. The van der Waals surface area contributed by atoms with Crippen molar-refractivity contribution >= 4 is 29.5 Å². The number of aliphatic hydroxyl groups excluding tert-OH is 1. The number of nitrogens with one attached hydrogen (secondary N) is 1. The van der Waals surface area contributed by atoms with E-state index in [1.165, 1.54) is 36.0 Å². The van der Waals surface area contributed by atoms with Crippen molar-refractivity contribution < 1.29 is 29.7 Å². The molecule has 0 unspecified atom stereocenters. The number of carboxylic acids is 1. The molecule has 2 aliphatic rings. The molecular formula is C16H17N3O6S. The predicted molar refractivity (Wildman–Crippen MR) is 91.8 cm³/mol. The summed E-state index contributed by atoms with van der Waals surface area (Å²) in [5, 5.41) is 29.9. The summed E-state index contributed by atoms with van der Waals surface area (Å²) < 4.78 is 0. The molecule has 0 bridgehead atoms. The molecule has 2 heterocycles. The van der Waals surface area contributed by atoms with Crippen LogP contribution in [0.4, 0.5) is 0 Å². The molecule has 10 heteroatoms. The van der Waals surface area contributed by atoms with E-state index >= 15 is 0 Å². The fourth-order valence-corrected chi connectivity index (χ4v) is 4.22. The van der Waals surface area contributed by atoms with Gasteiger partial charge in [-0.1, -0.05) is 12.1 Å². The third-order valence-electron chi connectivity index (χ3n) is 4.27. The summed E-state index contributed by atoms with van der Waals surface area (Å²) in [5.41, 5.74) is 6.39. The van der Waals surface area contributed by atoms with Crippen molar-refractivity contribution in [1.82, 2.24) is 10.2 Å². The summed E-state index contributed by atoms with van der Waals surface area (Å²) in [6.07, 6.45) is 0. The van der Waals surface area contributed by atoms with Crippen molar-refractivity contribution in [2.45, 2.75) is 17.5 Å². The van der Waals surface area contributed by atoms with E-state index in [0.29, 0.717) is 5.56 Å². The Kier molecular flexibility index (Phi) is 4.90. The van der Waals surface area contributed by atoms with E-state index in [1.54, 1.807) is 0 Å². The highest BCUT2D eigenvalue weighted by molar-refractivity contribution is 8.00. The number of benzene rings is 1. The van der Waals surface area contributed by atoms with Gasteiger partial charge in [0.25, 0.3) is 5.91 Å². The van der Waals surface area contributed by atoms with Gasteiger partial charge in [0, 0.05) is 5.75 Å². The number of hydrogen-bond donors (Lipinski definition) is 5. The fourth-order valence-electron chi connectivity index (χ4n) is 2.88. The van der Waals surface area contributed by atoms with Crippen molar-refractivity contribution in [1.29, 1.82) is 0 Å². The number of aromatic hydroxyl groups is 1. The Morgan fingerprint density at radius 1 is 1.35 bits per heavy atom. The molecule has 9 nitrogen and oxygen atoms in total. The molecule has 3 rings (SSSR count). The van der Waals surface area contributed by atoms with Gasteiger partial charge < -0.3 is 26.4 Å². The van der Waals surface area contributed by atoms with Crippen LogP contribution in [0.1, 0.15) is 11.6 Å². The molecule has 0 aromatic heterocycles. The number of rotatable bonds is 5. The Bertz CT molecular complexity index is 794. The number of phenolic OH excluding ortho intramolecular Hbond substituents is 1. The molecule has 0 aliphatic carbocycles. The number of nitrogens with two attached hydrogens (primary N) is 1. The summed E-state index contributed by atoms with van der Waals surface area (Å²) >= 11 is 1.27. The molecule has 1 fully saturated rings. The molecule has 0 spiro atoms. The SMILES string of the molecule is N[C@@H](C(=O)N[C@@H]1C(=O)N2C(C(=O)O)=C(CO)CS[C@H]12)c1ccc(O)cc1. The Labute approximate surface area is 152 Å². The number of β-lactam (4-membered cyclic amide) rings is 1. The Morgan fingerprint density at radius 2 is 2.00 bits per heavy atom. The zero-order chi connectivity index (χ0) is 19.0. The largest absolute Gasteiger partial charge is 0.508 e. The minimum Gasteiger partial charge on any atom is -0.508 e. The second-order valence-corrected chi connectivity index (χ2v) is 6.99. The number of carboxylic acid groups (broad SMARTS) is 1. The molecule has 1 aromatic carbocycles. The lowest BCUT2D eigenvalue weighted by molar-refractivity contribution is -0.151. The van der Waals surface area contributed by atoms with E-state index in [0.717, 1.165) is 4.90 Å². The average Bonchev–Trinajstić information content (AvgIpc) is 2.64. The number of fused-ring (bicyclic) bond motifs is 1. The highest BCUT2D eigenvalue weighted by Crippen LogP contribution is 2.40. The van der Waals surface area contributed by atoms with E-state index in [1.807, 2.05) is 0 Å². The molecule has 1 aromatic rings. The van der Waals surface area contributed by atoms with E-state index in [2.05, 4.69) is 5.32 Å². The number of carbonyl (C=O) groups excluding carboxylic acids is 2. The first kappa shape index (κ1) is 18.2. The number of hydrogen-bond acceptors (Lipinski definition) is 7. The summed E-state index contributed by atoms with van der Waals surface area (Å²) in [6, 6.07) is 3.89. The van der Waals surface area contributed by atoms with Crippen molar-refractivity contribution in [2.75, 3.05) is 12.4 Å². The van der Waals surface area contributed by atoms with Crippen LogP contribution in [0.25, 0.3) is 0 Å². The first-order valence-corrected chi connectivity index (χ1v) is 8.75. The lowest BCUT2D eigenvalue weighted by Crippen LogP contribution is -2.71. The number of amides is 2. The molecule has 2 amide bonds. The van der Waals surface area contributed by atoms with Crippen LogP contribution in [0.5, 0.6) is 5.75 Å². The van der Waals surface area contributed by atoms with Gasteiger partial charge in [-0.15, -0.1) is 11.8 Å². The molecule has 138 valence electrons. The van der Waals surface area contributed by atoms with Crippen LogP contribution < -0.4 is 11.1 Å². The van der Waals surface area contributed by atoms with Gasteiger partial charge in [-0.2, -0.15) is 0 Å². The van der Waals surface area contributed by atoms with Gasteiger partial charge in [-0.25, -0.2) is 4.79 Å². The van der Waals surface area contributed by atoms with Gasteiger partial charge in [0.1, 0.15) is 28.9 Å². The highest BCUT2D eigenvalue weighted by Gasteiger charge is 2.54. The third kappa shape index (κ3) is 3.02. The molecular weight excluding hydrogens is 362 g/mol. The van der Waals surface area contributed by atoms with Gasteiger partial charge >= 0.3 is 5.97 Å². The Morgan fingerprint density at radius 3 is 2.58 bits per heavy atom. The highest BCUT2D eigenvalue weighted by atomic mass is 32.2. The van der Waals surface area contributed by atoms with Crippen LogP contribution >= 0.6 is 11.8 Å². The van der Waals surface area contributed by atoms with E-state index in [-0.39, 0.29) is 22.8 Å². The molecule has 2 aliphatic heterocycles. The third-order valence-corrected chi connectivity index (χ3v) is 5.61. The molecule has 3 atom stereocenters. The van der Waals surface area contributed by atoms with Crippen molar-refractivity contribution in [3.05, 3.63) is 41.1 Å². The molecule has 1 saturated heterocycles. The fraction of sp³-hybridized carbons (Fsp3) is 0.312. The predicted octanol–water partition coefficient (Wildman–Crippen LogP) is -0.877. The van der Waals surface area contributed by atoms with Crippen molar-refractivity contribution in [2.24, 2.45) is 5.73 Å². The van der Waals surface area contributed by atoms with Crippen LogP contribution in [-0.2, 0) is 14.4 Å². The van der Waals surface area contributed by atoms with Gasteiger partial charge in [-0.3, -0.25) is 14.5 Å². The Hall–Kier alpha value is -2.56. The smallest absolute Gasteiger partial charge is 0.352 e. The topological polar surface area (TPSA) is 153 Å². The zero-order valence-corrected chi connectivity index (χ0v) is 14.3. The number of aliphatic hydroxyl groups is 1. The van der Waals surface area contributed by atoms with E-state index in [9.17, 15) is 29.7 Å². The monoisotopic (exact) mass is 379 g/mol. The summed E-state index contributed by atoms with van der Waals surface area (Å²) in [5.74, 6) is -2.14. The van der Waals surface area contributed by atoms with Gasteiger partial charge in [0.05, 0.1) is 6.61 Å². The van der Waals surface area contributed by atoms with Gasteiger partial charge in [0.15, 0.2) is 0 Å². The lowest BCUT2D eigenvalue weighted by Gasteiger charge is -2.49. The van der Waals surface area contributed by atoms with Gasteiger partial charge in [-0.05, 0) is 23.3 Å². The standard InChI is InChI=1S/C16H17N3O6S/c17-10(7-1-3-9(21)4-2-7)13(22)18-11-14(23)19-12(16(24)25)8(5-20)6-26-15(11)19/h1-4,10-11,15,20-21H,5-6,17H2,(H,18,22)(H,24,25)/t10-,11-,15-/m1/s1. The van der Waals surface area contributed by atoms with Crippen molar-refractivity contribution in [3.8, 4) is 5.75 Å². The maximum atomic E-state index is 12.4. The Balaban J connectivity index is 1.72. The maximum Gasteiger partial charge on any atom is 0.352 e. The normalized spacial score (nSPS) is 23.2. The molecule has 26 heavy (non-hydrogen) atoms. The second kappa shape index (κ2) is 6.98. The molecule has 0 saturated carbocycles. The zero-order valence-electron chi connectivity index (χ0n) is 13.5. The number of carbonyl (C=O) groups is 3. The summed E-state index contributed by atoms with van der Waals surface area (Å²) in [7, 11) is 0. The number of thioether (sulfide) groups is 1. The van der Waals surface area contributed by atoms with E-state index < -0.39 is 41.8 Å². The summed E-state index contributed by atoms with van der Waals surface area (Å²) in [6.45, 7) is -0.451. The minimum atomic E-state index is -1.29. The summed E-state index contributed by atoms with van der Waals surface area (Å²) in [4.78, 5) is 37.2. The van der Waals surface area contributed by atoms with Gasteiger partial charge in [0.2, 0.25) is 5.91 Å². The molecule has 6 N–H and O–H groups in total.